The first kappa shape index (κ1) is 20.1. The summed E-state index contributed by atoms with van der Waals surface area (Å²) in [6.07, 6.45) is 1.65. The molecule has 0 atom stereocenters. The Bertz CT molecular complexity index is 641. The highest BCUT2D eigenvalue weighted by molar-refractivity contribution is 6.31. The fourth-order valence-electron chi connectivity index (χ4n) is 3.54. The van der Waals surface area contributed by atoms with E-state index in [1.807, 2.05) is 34.1 Å². The third-order valence-corrected chi connectivity index (χ3v) is 5.67. The summed E-state index contributed by atoms with van der Waals surface area (Å²) in [7, 11) is 0. The van der Waals surface area contributed by atoms with Crippen LogP contribution in [-0.4, -0.2) is 85.5 Å². The molecule has 2 heterocycles. The minimum Gasteiger partial charge on any atom is -0.379 e. The molecule has 2 aliphatic rings. The van der Waals surface area contributed by atoms with E-state index in [0.29, 0.717) is 50.5 Å². The van der Waals surface area contributed by atoms with Crippen LogP contribution in [0.25, 0.3) is 0 Å². The number of ether oxygens (including phenoxy) is 1. The van der Waals surface area contributed by atoms with Crippen molar-refractivity contribution in [3.05, 3.63) is 34.9 Å². The molecule has 2 saturated heterocycles. The minimum atomic E-state index is 0.135. The van der Waals surface area contributed by atoms with Gasteiger partial charge in [0.2, 0.25) is 11.8 Å². The average molecular weight is 394 g/mol. The van der Waals surface area contributed by atoms with Gasteiger partial charge in [-0.15, -0.1) is 0 Å². The van der Waals surface area contributed by atoms with Gasteiger partial charge in [0.05, 0.1) is 13.2 Å². The van der Waals surface area contributed by atoms with Crippen LogP contribution < -0.4 is 0 Å². The van der Waals surface area contributed by atoms with Crippen LogP contribution in [0.2, 0.25) is 5.02 Å². The average Bonchev–Trinajstić information content (AvgIpc) is 2.72. The number of carbonyl (C=O) groups excluding carboxylic acids is 2. The monoisotopic (exact) mass is 393 g/mol. The number of benzene rings is 1. The van der Waals surface area contributed by atoms with Crippen molar-refractivity contribution in [1.82, 2.24) is 14.7 Å². The van der Waals surface area contributed by atoms with E-state index in [1.165, 1.54) is 0 Å². The van der Waals surface area contributed by atoms with Gasteiger partial charge in [-0.2, -0.15) is 0 Å². The lowest BCUT2D eigenvalue weighted by molar-refractivity contribution is -0.139. The number of rotatable bonds is 6. The van der Waals surface area contributed by atoms with Gasteiger partial charge in [0.1, 0.15) is 0 Å². The Morgan fingerprint density at radius 2 is 1.48 bits per heavy atom. The van der Waals surface area contributed by atoms with Gasteiger partial charge in [-0.1, -0.05) is 29.8 Å². The lowest BCUT2D eigenvalue weighted by Crippen LogP contribution is -2.51. The summed E-state index contributed by atoms with van der Waals surface area (Å²) in [4.78, 5) is 30.9. The lowest BCUT2D eigenvalue weighted by Gasteiger charge is -2.35. The van der Waals surface area contributed by atoms with Crippen molar-refractivity contribution >= 4 is 23.4 Å². The second kappa shape index (κ2) is 10.1. The van der Waals surface area contributed by atoms with Gasteiger partial charge in [0.15, 0.2) is 0 Å². The number of hydrogen-bond acceptors (Lipinski definition) is 4. The van der Waals surface area contributed by atoms with E-state index < -0.39 is 0 Å². The molecule has 2 amide bonds. The zero-order valence-corrected chi connectivity index (χ0v) is 16.5. The van der Waals surface area contributed by atoms with Crippen LogP contribution in [0, 0.1) is 0 Å². The molecule has 0 aromatic heterocycles. The number of amides is 2. The topological polar surface area (TPSA) is 53.1 Å². The van der Waals surface area contributed by atoms with Gasteiger partial charge in [-0.3, -0.25) is 14.5 Å². The number of halogens is 1. The number of nitrogens with zero attached hydrogens (tertiary/aromatic N) is 3. The van der Waals surface area contributed by atoms with Crippen molar-refractivity contribution in [2.24, 2.45) is 0 Å². The van der Waals surface area contributed by atoms with E-state index >= 15 is 0 Å². The fraction of sp³-hybridized carbons (Fsp3) is 0.600. The Balaban J connectivity index is 1.37. The summed E-state index contributed by atoms with van der Waals surface area (Å²) in [5, 5.41) is 0.709. The predicted octanol–water partition coefficient (Wildman–Crippen LogP) is 1.67. The number of hydrogen-bond donors (Lipinski definition) is 0. The molecule has 0 bridgehead atoms. The van der Waals surface area contributed by atoms with Crippen LogP contribution in [0.1, 0.15) is 18.4 Å². The Hall–Kier alpha value is -1.63. The SMILES string of the molecule is O=C(CCc1ccccc1Cl)N1CCN(C(=O)CCN2CCOCC2)CC1. The van der Waals surface area contributed by atoms with Crippen molar-refractivity contribution in [1.29, 1.82) is 0 Å². The summed E-state index contributed by atoms with van der Waals surface area (Å²) in [5.74, 6) is 0.319. The second-order valence-corrected chi connectivity index (χ2v) is 7.46. The predicted molar refractivity (Wildman–Crippen MR) is 105 cm³/mol. The van der Waals surface area contributed by atoms with E-state index in [0.717, 1.165) is 38.4 Å². The molecule has 2 fully saturated rings. The maximum Gasteiger partial charge on any atom is 0.223 e. The van der Waals surface area contributed by atoms with Crippen LogP contribution >= 0.6 is 11.6 Å². The number of piperazine rings is 1. The molecular weight excluding hydrogens is 366 g/mol. The molecule has 7 heteroatoms. The third-order valence-electron chi connectivity index (χ3n) is 5.30. The van der Waals surface area contributed by atoms with Crippen molar-refractivity contribution in [2.75, 3.05) is 59.0 Å². The number of carbonyl (C=O) groups is 2. The third kappa shape index (κ3) is 5.92. The van der Waals surface area contributed by atoms with Crippen molar-refractivity contribution in [3.8, 4) is 0 Å². The first-order chi connectivity index (χ1) is 13.1. The Labute approximate surface area is 166 Å². The summed E-state index contributed by atoms with van der Waals surface area (Å²) < 4.78 is 5.33. The first-order valence-corrected chi connectivity index (χ1v) is 10.1. The molecule has 27 heavy (non-hydrogen) atoms. The molecule has 0 unspecified atom stereocenters. The van der Waals surface area contributed by atoms with E-state index in [4.69, 9.17) is 16.3 Å². The molecule has 0 aliphatic carbocycles. The van der Waals surface area contributed by atoms with Gasteiger partial charge in [-0.25, -0.2) is 0 Å². The molecule has 0 spiro atoms. The van der Waals surface area contributed by atoms with E-state index in [9.17, 15) is 9.59 Å². The van der Waals surface area contributed by atoms with Gasteiger partial charge < -0.3 is 14.5 Å². The largest absolute Gasteiger partial charge is 0.379 e. The van der Waals surface area contributed by atoms with Crippen molar-refractivity contribution in [2.45, 2.75) is 19.3 Å². The highest BCUT2D eigenvalue weighted by atomic mass is 35.5. The van der Waals surface area contributed by atoms with Crippen molar-refractivity contribution < 1.29 is 14.3 Å². The number of aryl methyl sites for hydroxylation is 1. The van der Waals surface area contributed by atoms with Crippen LogP contribution in [-0.2, 0) is 20.7 Å². The lowest BCUT2D eigenvalue weighted by atomic mass is 10.1. The molecule has 148 valence electrons. The summed E-state index contributed by atoms with van der Waals surface area (Å²) in [6, 6.07) is 7.64. The molecular formula is C20H28ClN3O3. The first-order valence-electron chi connectivity index (χ1n) is 9.72. The molecule has 0 N–H and O–H groups in total. The maximum absolute atomic E-state index is 12.5. The molecule has 1 aromatic rings. The Morgan fingerprint density at radius 3 is 2.11 bits per heavy atom. The summed E-state index contributed by atoms with van der Waals surface area (Å²) in [5.41, 5.74) is 1.00. The highest BCUT2D eigenvalue weighted by Gasteiger charge is 2.24. The Kier molecular flexibility index (Phi) is 7.50. The molecule has 1 aromatic carbocycles. The standard InChI is InChI=1S/C20H28ClN3O3/c21-18-4-2-1-3-17(18)5-6-19(25)23-9-11-24(12-10-23)20(26)7-8-22-13-15-27-16-14-22/h1-4H,5-16H2. The molecule has 6 nitrogen and oxygen atoms in total. The van der Waals surface area contributed by atoms with Gasteiger partial charge >= 0.3 is 0 Å². The Morgan fingerprint density at radius 1 is 0.889 bits per heavy atom. The zero-order valence-electron chi connectivity index (χ0n) is 15.7. The summed E-state index contributed by atoms with van der Waals surface area (Å²) >= 11 is 6.15. The minimum absolute atomic E-state index is 0.135. The van der Waals surface area contributed by atoms with E-state index in [1.54, 1.807) is 0 Å². The van der Waals surface area contributed by atoms with Crippen LogP contribution in [0.15, 0.2) is 24.3 Å². The van der Waals surface area contributed by atoms with E-state index in [2.05, 4.69) is 4.90 Å². The van der Waals surface area contributed by atoms with Gasteiger partial charge in [0, 0.05) is 63.7 Å². The summed E-state index contributed by atoms with van der Waals surface area (Å²) in [6.45, 7) is 6.59. The molecule has 3 rings (SSSR count). The number of morpholine rings is 1. The van der Waals surface area contributed by atoms with Crippen LogP contribution in [0.3, 0.4) is 0 Å². The van der Waals surface area contributed by atoms with E-state index in [-0.39, 0.29) is 11.8 Å². The van der Waals surface area contributed by atoms with Crippen LogP contribution in [0.4, 0.5) is 0 Å². The molecule has 2 aliphatic heterocycles. The fourth-order valence-corrected chi connectivity index (χ4v) is 3.77. The van der Waals surface area contributed by atoms with Gasteiger partial charge in [0.25, 0.3) is 0 Å². The van der Waals surface area contributed by atoms with Gasteiger partial charge in [-0.05, 0) is 18.1 Å². The van der Waals surface area contributed by atoms with Crippen molar-refractivity contribution in [3.63, 3.8) is 0 Å². The molecule has 0 radical (unpaired) electrons. The quantitative estimate of drug-likeness (QED) is 0.737. The zero-order chi connectivity index (χ0) is 19.1. The second-order valence-electron chi connectivity index (χ2n) is 7.06. The molecule has 0 saturated carbocycles. The van der Waals surface area contributed by atoms with Crippen LogP contribution in [0.5, 0.6) is 0 Å². The maximum atomic E-state index is 12.5. The smallest absolute Gasteiger partial charge is 0.223 e. The normalized spacial score (nSPS) is 18.6. The highest BCUT2D eigenvalue weighted by Crippen LogP contribution is 2.17.